The van der Waals surface area contributed by atoms with E-state index in [2.05, 4.69) is 37.3 Å². The zero-order valence-electron chi connectivity index (χ0n) is 13.6. The van der Waals surface area contributed by atoms with E-state index in [0.29, 0.717) is 5.92 Å². The van der Waals surface area contributed by atoms with Gasteiger partial charge in [-0.25, -0.2) is 0 Å². The Bertz CT molecular complexity index is 484. The Morgan fingerprint density at radius 3 is 2.82 bits per heavy atom. The van der Waals surface area contributed by atoms with Gasteiger partial charge in [0.2, 0.25) is 0 Å². The molecule has 1 aromatic carbocycles. The summed E-state index contributed by atoms with van der Waals surface area (Å²) in [6, 6.07) is 6.15. The summed E-state index contributed by atoms with van der Waals surface area (Å²) in [4.78, 5) is 0. The van der Waals surface area contributed by atoms with Crippen LogP contribution in [0.15, 0.2) is 24.3 Å². The number of nitrogens with two attached hydrogens (primary N) is 1. The molecule has 0 bridgehead atoms. The fourth-order valence-electron chi connectivity index (χ4n) is 2.95. The van der Waals surface area contributed by atoms with Crippen molar-refractivity contribution in [2.24, 2.45) is 5.73 Å². The molecule has 0 saturated heterocycles. The summed E-state index contributed by atoms with van der Waals surface area (Å²) in [5.41, 5.74) is 8.36. The van der Waals surface area contributed by atoms with Crippen LogP contribution < -0.4 is 10.5 Å². The number of allylic oxidation sites excluding steroid dienone is 1. The second kappa shape index (κ2) is 8.96. The zero-order chi connectivity index (χ0) is 15.8. The molecule has 0 aromatic heterocycles. The Morgan fingerprint density at radius 1 is 1.23 bits per heavy atom. The molecule has 0 amide bonds. The summed E-state index contributed by atoms with van der Waals surface area (Å²) < 4.78 is 5.85. The van der Waals surface area contributed by atoms with Gasteiger partial charge >= 0.3 is 0 Å². The van der Waals surface area contributed by atoms with Crippen molar-refractivity contribution < 1.29 is 9.84 Å². The molecule has 0 saturated carbocycles. The van der Waals surface area contributed by atoms with Crippen molar-refractivity contribution in [1.29, 1.82) is 0 Å². The molecule has 0 aliphatic heterocycles. The quantitative estimate of drug-likeness (QED) is 0.645. The molecule has 0 radical (unpaired) electrons. The van der Waals surface area contributed by atoms with Crippen LogP contribution in [0.3, 0.4) is 0 Å². The van der Waals surface area contributed by atoms with Crippen LogP contribution in [0.25, 0.3) is 6.08 Å². The Labute approximate surface area is 134 Å². The van der Waals surface area contributed by atoms with Crippen LogP contribution in [0.4, 0.5) is 0 Å². The number of hydrogen-bond donors (Lipinski definition) is 2. The number of benzene rings is 1. The topological polar surface area (TPSA) is 55.5 Å². The number of unbranched alkanes of at least 4 members (excludes halogenated alkanes) is 4. The van der Waals surface area contributed by atoms with Crippen molar-refractivity contribution in [3.63, 3.8) is 0 Å². The van der Waals surface area contributed by atoms with E-state index in [1.165, 1.54) is 36.8 Å². The zero-order valence-corrected chi connectivity index (χ0v) is 13.6. The fourth-order valence-corrected chi connectivity index (χ4v) is 2.95. The summed E-state index contributed by atoms with van der Waals surface area (Å²) >= 11 is 0. The molecule has 0 fully saturated rings. The van der Waals surface area contributed by atoms with Gasteiger partial charge in [-0.2, -0.15) is 0 Å². The molecule has 3 N–H and O–H groups in total. The predicted octanol–water partition coefficient (Wildman–Crippen LogP) is 3.86. The predicted molar refractivity (Wildman–Crippen MR) is 92.1 cm³/mol. The third-order valence-corrected chi connectivity index (χ3v) is 4.27. The summed E-state index contributed by atoms with van der Waals surface area (Å²) in [6.45, 7) is 3.07. The van der Waals surface area contributed by atoms with Gasteiger partial charge in [-0.15, -0.1) is 0 Å². The largest absolute Gasteiger partial charge is 0.494 e. The Morgan fingerprint density at radius 2 is 2.05 bits per heavy atom. The Balaban J connectivity index is 1.81. The Kier molecular flexibility index (Phi) is 6.94. The lowest BCUT2D eigenvalue weighted by Crippen LogP contribution is -2.26. The highest BCUT2D eigenvalue weighted by Gasteiger charge is 2.20. The summed E-state index contributed by atoms with van der Waals surface area (Å²) in [6.07, 6.45) is 11.4. The van der Waals surface area contributed by atoms with E-state index in [-0.39, 0.29) is 12.6 Å². The second-order valence-electron chi connectivity index (χ2n) is 6.20. The maximum absolute atomic E-state index is 9.09. The van der Waals surface area contributed by atoms with Gasteiger partial charge in [0.05, 0.1) is 13.2 Å². The second-order valence-corrected chi connectivity index (χ2v) is 6.20. The lowest BCUT2D eigenvalue weighted by Gasteiger charge is -2.15. The number of hydrogen-bond acceptors (Lipinski definition) is 3. The van der Waals surface area contributed by atoms with Crippen LogP contribution in [0.1, 0.15) is 62.5 Å². The molecule has 3 heteroatoms. The van der Waals surface area contributed by atoms with Gasteiger partial charge < -0.3 is 15.6 Å². The van der Waals surface area contributed by atoms with Crippen molar-refractivity contribution in [3.05, 3.63) is 35.4 Å². The van der Waals surface area contributed by atoms with E-state index in [4.69, 9.17) is 15.6 Å². The minimum atomic E-state index is -0.153. The summed E-state index contributed by atoms with van der Waals surface area (Å²) in [7, 11) is 0. The highest BCUT2D eigenvalue weighted by Crippen LogP contribution is 2.35. The van der Waals surface area contributed by atoms with Crippen molar-refractivity contribution in [1.82, 2.24) is 0 Å². The maximum Gasteiger partial charge on any atom is 0.119 e. The number of fused-ring (bicyclic) bond motifs is 1. The number of rotatable bonds is 10. The third-order valence-electron chi connectivity index (χ3n) is 4.27. The molecule has 122 valence electrons. The van der Waals surface area contributed by atoms with Crippen molar-refractivity contribution >= 4 is 6.08 Å². The monoisotopic (exact) mass is 303 g/mol. The average Bonchev–Trinajstić information content (AvgIpc) is 2.93. The molecule has 1 unspecified atom stereocenters. The van der Waals surface area contributed by atoms with Crippen molar-refractivity contribution in [2.45, 2.75) is 57.4 Å². The van der Waals surface area contributed by atoms with Crippen LogP contribution >= 0.6 is 0 Å². The Hall–Kier alpha value is -1.32. The van der Waals surface area contributed by atoms with Crippen LogP contribution in [0.2, 0.25) is 0 Å². The molecule has 1 aliphatic carbocycles. The SMILES string of the molecule is CCCCCCCOc1ccc2c(c1)C=C[C@@H]2CC(N)CO. The van der Waals surface area contributed by atoms with Gasteiger partial charge in [0.25, 0.3) is 0 Å². The van der Waals surface area contributed by atoms with E-state index in [9.17, 15) is 0 Å². The first-order chi connectivity index (χ1) is 10.7. The molecule has 1 aliphatic rings. The van der Waals surface area contributed by atoms with E-state index < -0.39 is 0 Å². The molecule has 0 spiro atoms. The molecule has 2 rings (SSSR count). The van der Waals surface area contributed by atoms with Gasteiger partial charge in [0.1, 0.15) is 5.75 Å². The van der Waals surface area contributed by atoms with Crippen molar-refractivity contribution in [2.75, 3.05) is 13.2 Å². The van der Waals surface area contributed by atoms with Crippen LogP contribution in [-0.2, 0) is 0 Å². The highest BCUT2D eigenvalue weighted by molar-refractivity contribution is 5.64. The average molecular weight is 303 g/mol. The van der Waals surface area contributed by atoms with E-state index in [1.807, 2.05) is 0 Å². The van der Waals surface area contributed by atoms with Gasteiger partial charge in [-0.05, 0) is 36.1 Å². The molecule has 1 aromatic rings. The summed E-state index contributed by atoms with van der Waals surface area (Å²) in [5.74, 6) is 1.27. The molecule has 3 nitrogen and oxygen atoms in total. The number of aliphatic hydroxyl groups is 1. The normalized spacial score (nSPS) is 17.5. The minimum absolute atomic E-state index is 0.0406. The molecular formula is C19H29NO2. The van der Waals surface area contributed by atoms with Crippen LogP contribution in [-0.4, -0.2) is 24.4 Å². The number of aliphatic hydroxyl groups excluding tert-OH is 1. The van der Waals surface area contributed by atoms with E-state index >= 15 is 0 Å². The van der Waals surface area contributed by atoms with E-state index in [0.717, 1.165) is 25.2 Å². The van der Waals surface area contributed by atoms with Gasteiger partial charge in [0.15, 0.2) is 0 Å². The number of ether oxygens (including phenoxy) is 1. The first-order valence-corrected chi connectivity index (χ1v) is 8.56. The van der Waals surface area contributed by atoms with Crippen LogP contribution in [0, 0.1) is 0 Å². The van der Waals surface area contributed by atoms with E-state index in [1.54, 1.807) is 0 Å². The third kappa shape index (κ3) is 4.85. The highest BCUT2D eigenvalue weighted by atomic mass is 16.5. The summed E-state index contributed by atoms with van der Waals surface area (Å²) in [5, 5.41) is 9.09. The lowest BCUT2D eigenvalue weighted by molar-refractivity contribution is 0.257. The molecular weight excluding hydrogens is 274 g/mol. The fraction of sp³-hybridized carbons (Fsp3) is 0.579. The maximum atomic E-state index is 9.09. The van der Waals surface area contributed by atoms with Gasteiger partial charge in [0, 0.05) is 12.0 Å². The molecule has 2 atom stereocenters. The smallest absolute Gasteiger partial charge is 0.119 e. The van der Waals surface area contributed by atoms with Crippen molar-refractivity contribution in [3.8, 4) is 5.75 Å². The first kappa shape index (κ1) is 17.0. The first-order valence-electron chi connectivity index (χ1n) is 8.56. The lowest BCUT2D eigenvalue weighted by atomic mass is 9.94. The standard InChI is InChI=1S/C19H29NO2/c1-2-3-4-5-6-11-22-18-9-10-19-15(12-17(20)14-21)7-8-16(19)13-18/h7-10,13,15,17,21H,2-6,11-12,14,20H2,1H3/t15-,17?/m1/s1. The molecule has 22 heavy (non-hydrogen) atoms. The molecule has 0 heterocycles. The van der Waals surface area contributed by atoms with Crippen LogP contribution in [0.5, 0.6) is 5.75 Å². The minimum Gasteiger partial charge on any atom is -0.494 e. The van der Waals surface area contributed by atoms with Gasteiger partial charge in [-0.1, -0.05) is 50.8 Å². The van der Waals surface area contributed by atoms with Gasteiger partial charge in [-0.3, -0.25) is 0 Å².